The number of hydrogen-bond acceptors (Lipinski definition) is 4. The Kier molecular flexibility index (Phi) is 7.12. The van der Waals surface area contributed by atoms with Crippen molar-refractivity contribution < 1.29 is 4.74 Å². The van der Waals surface area contributed by atoms with Gasteiger partial charge in [0.05, 0.1) is 13.2 Å². The average molecular weight is 360 g/mol. The van der Waals surface area contributed by atoms with Gasteiger partial charge in [-0.3, -0.25) is 4.90 Å². The Morgan fingerprint density at radius 2 is 2.12 bits per heavy atom. The molecule has 2 saturated heterocycles. The molecule has 0 amide bonds. The number of nitrogens with one attached hydrogen (secondary N) is 1. The molecule has 1 N–H and O–H groups in total. The molecule has 1 aromatic rings. The van der Waals surface area contributed by atoms with Crippen LogP contribution in [0.25, 0.3) is 0 Å². The van der Waals surface area contributed by atoms with Crippen molar-refractivity contribution >= 4 is 5.96 Å². The van der Waals surface area contributed by atoms with Gasteiger partial charge in [-0.1, -0.05) is 13.0 Å². The molecule has 0 radical (unpaired) electrons. The van der Waals surface area contributed by atoms with Crippen LogP contribution in [0, 0.1) is 0 Å². The zero-order valence-corrected chi connectivity index (χ0v) is 16.3. The van der Waals surface area contributed by atoms with E-state index in [4.69, 9.17) is 9.73 Å². The lowest BCUT2D eigenvalue weighted by Crippen LogP contribution is -2.42. The first-order chi connectivity index (χ1) is 12.8. The van der Waals surface area contributed by atoms with Gasteiger partial charge in [0, 0.05) is 37.9 Å². The minimum absolute atomic E-state index is 0.647. The van der Waals surface area contributed by atoms with Crippen molar-refractivity contribution in [3.8, 4) is 5.88 Å². The summed E-state index contributed by atoms with van der Waals surface area (Å²) in [6.07, 6.45) is 6.82. The number of ether oxygens (including phenoxy) is 1. The molecule has 1 aromatic heterocycles. The first kappa shape index (κ1) is 19.0. The van der Waals surface area contributed by atoms with Gasteiger partial charge in [0.1, 0.15) is 0 Å². The molecule has 0 bridgehead atoms. The zero-order chi connectivity index (χ0) is 18.2. The Morgan fingerprint density at radius 3 is 2.81 bits per heavy atom. The highest BCUT2D eigenvalue weighted by Gasteiger charge is 2.30. The molecule has 6 heteroatoms. The third-order valence-corrected chi connectivity index (χ3v) is 5.12. The second-order valence-corrected chi connectivity index (χ2v) is 7.15. The maximum atomic E-state index is 5.54. The molecule has 0 aliphatic carbocycles. The summed E-state index contributed by atoms with van der Waals surface area (Å²) in [5, 5.41) is 3.46. The minimum Gasteiger partial charge on any atom is -0.478 e. The number of guanidine groups is 1. The lowest BCUT2D eigenvalue weighted by atomic mass is 10.2. The molecular weight excluding hydrogens is 326 g/mol. The van der Waals surface area contributed by atoms with E-state index in [0.717, 1.165) is 37.6 Å². The molecule has 2 aliphatic heterocycles. The summed E-state index contributed by atoms with van der Waals surface area (Å²) in [4.78, 5) is 14.3. The molecule has 144 valence electrons. The fourth-order valence-electron chi connectivity index (χ4n) is 3.73. The number of likely N-dealkylation sites (tertiary alicyclic amines) is 2. The molecule has 26 heavy (non-hydrogen) atoms. The van der Waals surface area contributed by atoms with Crippen LogP contribution in [-0.4, -0.2) is 66.1 Å². The van der Waals surface area contributed by atoms with E-state index in [2.05, 4.69) is 40.0 Å². The summed E-state index contributed by atoms with van der Waals surface area (Å²) in [6.45, 7) is 11.2. The first-order valence-electron chi connectivity index (χ1n) is 10.1. The largest absolute Gasteiger partial charge is 0.478 e. The fourth-order valence-corrected chi connectivity index (χ4v) is 3.73. The number of nitrogens with zero attached hydrogens (tertiary/aromatic N) is 4. The van der Waals surface area contributed by atoms with Crippen LogP contribution in [0.15, 0.2) is 23.3 Å². The lowest BCUT2D eigenvalue weighted by Gasteiger charge is -2.25. The predicted octanol–water partition coefficient (Wildman–Crippen LogP) is 2.51. The van der Waals surface area contributed by atoms with E-state index in [9.17, 15) is 0 Å². The normalized spacial score (nSPS) is 21.4. The first-order valence-corrected chi connectivity index (χ1v) is 10.1. The number of rotatable bonds is 7. The topological polar surface area (TPSA) is 53.0 Å². The fraction of sp³-hybridized carbons (Fsp3) is 0.700. The van der Waals surface area contributed by atoms with Crippen molar-refractivity contribution in [2.45, 2.75) is 52.1 Å². The standard InChI is InChI=1S/C20H33N5O/c1-3-13-26-19-8-7-17(14-22-19)15-23-20(21-4-2)25-12-9-18(16-25)24-10-5-6-11-24/h7-8,14,18H,3-6,9-13,15-16H2,1-2H3,(H,21,23). The summed E-state index contributed by atoms with van der Waals surface area (Å²) in [7, 11) is 0. The summed E-state index contributed by atoms with van der Waals surface area (Å²) in [5.41, 5.74) is 1.11. The van der Waals surface area contributed by atoms with E-state index in [-0.39, 0.29) is 0 Å². The van der Waals surface area contributed by atoms with Gasteiger partial charge in [-0.05, 0) is 51.3 Å². The molecule has 2 aliphatic rings. The summed E-state index contributed by atoms with van der Waals surface area (Å²) in [5.74, 6) is 1.72. The Morgan fingerprint density at radius 1 is 1.27 bits per heavy atom. The monoisotopic (exact) mass is 359 g/mol. The van der Waals surface area contributed by atoms with E-state index in [0.29, 0.717) is 25.1 Å². The molecule has 0 spiro atoms. The van der Waals surface area contributed by atoms with E-state index < -0.39 is 0 Å². The highest BCUT2D eigenvalue weighted by Crippen LogP contribution is 2.20. The van der Waals surface area contributed by atoms with Crippen LogP contribution in [0.3, 0.4) is 0 Å². The SMILES string of the molecule is CCCOc1ccc(CN=C(NCC)N2CCC(N3CCCC3)C2)cn1. The predicted molar refractivity (Wildman–Crippen MR) is 106 cm³/mol. The number of pyridine rings is 1. The Hall–Kier alpha value is -1.82. The molecular formula is C20H33N5O. The average Bonchev–Trinajstić information content (AvgIpc) is 3.35. The van der Waals surface area contributed by atoms with E-state index in [1.54, 1.807) is 0 Å². The van der Waals surface area contributed by atoms with Crippen LogP contribution in [0.1, 0.15) is 45.1 Å². The zero-order valence-electron chi connectivity index (χ0n) is 16.3. The van der Waals surface area contributed by atoms with Gasteiger partial charge in [-0.25, -0.2) is 9.98 Å². The van der Waals surface area contributed by atoms with Crippen molar-refractivity contribution in [3.05, 3.63) is 23.9 Å². The third kappa shape index (κ3) is 5.10. The molecule has 1 unspecified atom stereocenters. The molecule has 6 nitrogen and oxygen atoms in total. The molecule has 1 atom stereocenters. The van der Waals surface area contributed by atoms with Crippen molar-refractivity contribution in [1.82, 2.24) is 20.1 Å². The summed E-state index contributed by atoms with van der Waals surface area (Å²) < 4.78 is 5.54. The van der Waals surface area contributed by atoms with Gasteiger partial charge in [0.25, 0.3) is 0 Å². The van der Waals surface area contributed by atoms with Gasteiger partial charge in [-0.15, -0.1) is 0 Å². The highest BCUT2D eigenvalue weighted by molar-refractivity contribution is 5.80. The quantitative estimate of drug-likeness (QED) is 0.599. The maximum absolute atomic E-state index is 5.54. The molecule has 3 rings (SSSR count). The maximum Gasteiger partial charge on any atom is 0.213 e. The van der Waals surface area contributed by atoms with E-state index in [1.807, 2.05) is 12.3 Å². The van der Waals surface area contributed by atoms with Crippen LogP contribution in [0.4, 0.5) is 0 Å². The molecule has 2 fully saturated rings. The number of aliphatic imine (C=N–C) groups is 1. The highest BCUT2D eigenvalue weighted by atomic mass is 16.5. The van der Waals surface area contributed by atoms with Crippen molar-refractivity contribution in [3.63, 3.8) is 0 Å². The Balaban J connectivity index is 1.56. The van der Waals surface area contributed by atoms with Gasteiger partial charge in [-0.2, -0.15) is 0 Å². The molecule has 3 heterocycles. The van der Waals surface area contributed by atoms with Crippen molar-refractivity contribution in [1.29, 1.82) is 0 Å². The van der Waals surface area contributed by atoms with Crippen LogP contribution < -0.4 is 10.1 Å². The van der Waals surface area contributed by atoms with E-state index >= 15 is 0 Å². The van der Waals surface area contributed by atoms with Crippen LogP contribution >= 0.6 is 0 Å². The second kappa shape index (κ2) is 9.76. The van der Waals surface area contributed by atoms with Gasteiger partial charge in [0.2, 0.25) is 5.88 Å². The van der Waals surface area contributed by atoms with Crippen LogP contribution in [0.5, 0.6) is 5.88 Å². The number of hydrogen-bond donors (Lipinski definition) is 1. The Bertz CT molecular complexity index is 568. The van der Waals surface area contributed by atoms with Crippen LogP contribution in [-0.2, 0) is 6.54 Å². The Labute approximate surface area is 157 Å². The van der Waals surface area contributed by atoms with Crippen molar-refractivity contribution in [2.75, 3.05) is 39.3 Å². The minimum atomic E-state index is 0.647. The van der Waals surface area contributed by atoms with Crippen molar-refractivity contribution in [2.24, 2.45) is 4.99 Å². The number of aromatic nitrogens is 1. The summed E-state index contributed by atoms with van der Waals surface area (Å²) in [6, 6.07) is 4.69. The van der Waals surface area contributed by atoms with Crippen LogP contribution in [0.2, 0.25) is 0 Å². The van der Waals surface area contributed by atoms with Gasteiger partial charge in [0.15, 0.2) is 5.96 Å². The second-order valence-electron chi connectivity index (χ2n) is 7.15. The summed E-state index contributed by atoms with van der Waals surface area (Å²) >= 11 is 0. The van der Waals surface area contributed by atoms with Gasteiger partial charge >= 0.3 is 0 Å². The van der Waals surface area contributed by atoms with E-state index in [1.165, 1.54) is 32.4 Å². The molecule has 0 saturated carbocycles. The lowest BCUT2D eigenvalue weighted by molar-refractivity contribution is 0.249. The van der Waals surface area contributed by atoms with Gasteiger partial charge < -0.3 is 15.0 Å². The third-order valence-electron chi connectivity index (χ3n) is 5.12. The molecule has 0 aromatic carbocycles. The smallest absolute Gasteiger partial charge is 0.213 e.